The highest BCUT2D eigenvalue weighted by Gasteiger charge is 2.18. The van der Waals surface area contributed by atoms with Crippen molar-refractivity contribution in [3.8, 4) is 22.9 Å². The Labute approximate surface area is 171 Å². The van der Waals surface area contributed by atoms with E-state index >= 15 is 0 Å². The van der Waals surface area contributed by atoms with Crippen LogP contribution < -0.4 is 19.5 Å². The number of aromatic nitrogens is 1. The molecule has 2 aromatic carbocycles. The van der Waals surface area contributed by atoms with E-state index in [1.54, 1.807) is 21.3 Å². The maximum absolute atomic E-state index is 12.9. The molecule has 29 heavy (non-hydrogen) atoms. The number of nitrogens with one attached hydrogen (secondary N) is 1. The predicted octanol–water partition coefficient (Wildman–Crippen LogP) is 4.05. The van der Waals surface area contributed by atoms with Crippen LogP contribution in [0.3, 0.4) is 0 Å². The van der Waals surface area contributed by atoms with E-state index in [1.807, 2.05) is 62.4 Å². The third-order valence-electron chi connectivity index (χ3n) is 4.87. The normalized spacial score (nSPS) is 10.5. The Hall–Kier alpha value is -3.41. The molecule has 1 heterocycles. The lowest BCUT2D eigenvalue weighted by Gasteiger charge is -2.14. The molecule has 6 nitrogen and oxygen atoms in total. The van der Waals surface area contributed by atoms with E-state index in [1.165, 1.54) is 0 Å². The van der Waals surface area contributed by atoms with Crippen molar-refractivity contribution in [1.29, 1.82) is 0 Å². The third-order valence-corrected chi connectivity index (χ3v) is 4.87. The second-order valence-corrected chi connectivity index (χ2v) is 6.67. The molecule has 1 amide bonds. The van der Waals surface area contributed by atoms with E-state index in [-0.39, 0.29) is 5.91 Å². The Balaban J connectivity index is 1.82. The molecule has 152 valence electrons. The van der Waals surface area contributed by atoms with Crippen LogP contribution in [0.1, 0.15) is 27.3 Å². The number of ether oxygens (including phenoxy) is 3. The van der Waals surface area contributed by atoms with Crippen LogP contribution >= 0.6 is 0 Å². The molecule has 0 radical (unpaired) electrons. The molecule has 1 aromatic heterocycles. The SMILES string of the molecule is COc1cc(CNC(=O)c2cc(C)n(-c3ccccc3)c2C)cc(OC)c1OC. The number of carbonyl (C=O) groups is 1. The summed E-state index contributed by atoms with van der Waals surface area (Å²) < 4.78 is 18.2. The van der Waals surface area contributed by atoms with Gasteiger partial charge in [-0.15, -0.1) is 0 Å². The number of nitrogens with zero attached hydrogens (tertiary/aromatic N) is 1. The van der Waals surface area contributed by atoms with E-state index in [9.17, 15) is 4.79 Å². The number of carbonyl (C=O) groups excluding carboxylic acids is 1. The number of amides is 1. The minimum atomic E-state index is -0.131. The highest BCUT2D eigenvalue weighted by atomic mass is 16.5. The topological polar surface area (TPSA) is 61.7 Å². The number of hydrogen-bond acceptors (Lipinski definition) is 4. The van der Waals surface area contributed by atoms with Crippen LogP contribution in [-0.2, 0) is 6.54 Å². The monoisotopic (exact) mass is 394 g/mol. The van der Waals surface area contributed by atoms with Gasteiger partial charge in [0.1, 0.15) is 0 Å². The van der Waals surface area contributed by atoms with Gasteiger partial charge >= 0.3 is 0 Å². The molecule has 0 saturated carbocycles. The number of rotatable bonds is 7. The first-order valence-electron chi connectivity index (χ1n) is 9.31. The second kappa shape index (κ2) is 8.73. The van der Waals surface area contributed by atoms with Crippen molar-refractivity contribution < 1.29 is 19.0 Å². The van der Waals surface area contributed by atoms with Crippen molar-refractivity contribution in [2.45, 2.75) is 20.4 Å². The first-order valence-corrected chi connectivity index (χ1v) is 9.31. The Bertz CT molecular complexity index is 984. The fraction of sp³-hybridized carbons (Fsp3) is 0.261. The summed E-state index contributed by atoms with van der Waals surface area (Å²) in [4.78, 5) is 12.9. The zero-order chi connectivity index (χ0) is 21.0. The Kier molecular flexibility index (Phi) is 6.12. The number of hydrogen-bond donors (Lipinski definition) is 1. The molecular weight excluding hydrogens is 368 g/mol. The van der Waals surface area contributed by atoms with Crippen LogP contribution in [0.5, 0.6) is 17.2 Å². The van der Waals surface area contributed by atoms with Crippen molar-refractivity contribution >= 4 is 5.91 Å². The van der Waals surface area contributed by atoms with Crippen LogP contribution in [0.4, 0.5) is 0 Å². The standard InChI is InChI=1S/C23H26N2O4/c1-15-11-19(16(2)25(15)18-9-7-6-8-10-18)23(26)24-14-17-12-20(27-3)22(29-5)21(13-17)28-4/h6-13H,14H2,1-5H3,(H,24,26). The maximum Gasteiger partial charge on any atom is 0.253 e. The Morgan fingerprint density at radius 2 is 1.55 bits per heavy atom. The Morgan fingerprint density at radius 3 is 2.10 bits per heavy atom. The largest absolute Gasteiger partial charge is 0.493 e. The highest BCUT2D eigenvalue weighted by Crippen LogP contribution is 2.38. The molecule has 0 bridgehead atoms. The summed E-state index contributed by atoms with van der Waals surface area (Å²) in [5.41, 5.74) is 4.44. The number of methoxy groups -OCH3 is 3. The molecule has 6 heteroatoms. The van der Waals surface area contributed by atoms with Crippen LogP contribution in [-0.4, -0.2) is 31.8 Å². The van der Waals surface area contributed by atoms with Crippen molar-refractivity contribution in [1.82, 2.24) is 9.88 Å². The summed E-state index contributed by atoms with van der Waals surface area (Å²) in [7, 11) is 4.69. The molecule has 0 aliphatic carbocycles. The van der Waals surface area contributed by atoms with Gasteiger partial charge in [-0.05, 0) is 49.7 Å². The van der Waals surface area contributed by atoms with Crippen LogP contribution in [0.2, 0.25) is 0 Å². The van der Waals surface area contributed by atoms with Crippen molar-refractivity contribution in [3.05, 3.63) is 71.0 Å². The van der Waals surface area contributed by atoms with Gasteiger partial charge < -0.3 is 24.1 Å². The molecule has 0 fully saturated rings. The lowest BCUT2D eigenvalue weighted by Crippen LogP contribution is -2.23. The summed E-state index contributed by atoms with van der Waals surface area (Å²) in [5.74, 6) is 1.50. The molecule has 3 aromatic rings. The van der Waals surface area contributed by atoms with E-state index in [2.05, 4.69) is 9.88 Å². The minimum Gasteiger partial charge on any atom is -0.493 e. The fourth-order valence-corrected chi connectivity index (χ4v) is 3.48. The van der Waals surface area contributed by atoms with E-state index in [0.29, 0.717) is 29.4 Å². The summed E-state index contributed by atoms with van der Waals surface area (Å²) in [5, 5.41) is 2.98. The number of benzene rings is 2. The summed E-state index contributed by atoms with van der Waals surface area (Å²) in [6, 6.07) is 15.6. The smallest absolute Gasteiger partial charge is 0.253 e. The summed E-state index contributed by atoms with van der Waals surface area (Å²) >= 11 is 0. The predicted molar refractivity (Wildman–Crippen MR) is 113 cm³/mol. The molecule has 1 N–H and O–H groups in total. The van der Waals surface area contributed by atoms with Gasteiger partial charge in [0.25, 0.3) is 5.91 Å². The van der Waals surface area contributed by atoms with Crippen molar-refractivity contribution in [2.24, 2.45) is 0 Å². The van der Waals surface area contributed by atoms with Crippen LogP contribution in [0.15, 0.2) is 48.5 Å². The van der Waals surface area contributed by atoms with Gasteiger partial charge in [0.15, 0.2) is 11.5 Å². The van der Waals surface area contributed by atoms with Gasteiger partial charge in [0.2, 0.25) is 5.75 Å². The maximum atomic E-state index is 12.9. The zero-order valence-electron chi connectivity index (χ0n) is 17.4. The van der Waals surface area contributed by atoms with Gasteiger partial charge in [-0.25, -0.2) is 0 Å². The van der Waals surface area contributed by atoms with E-state index in [0.717, 1.165) is 22.6 Å². The highest BCUT2D eigenvalue weighted by molar-refractivity contribution is 5.95. The van der Waals surface area contributed by atoms with Gasteiger partial charge in [-0.3, -0.25) is 4.79 Å². The Morgan fingerprint density at radius 1 is 0.931 bits per heavy atom. The van der Waals surface area contributed by atoms with E-state index in [4.69, 9.17) is 14.2 Å². The lowest BCUT2D eigenvalue weighted by atomic mass is 10.1. The lowest BCUT2D eigenvalue weighted by molar-refractivity contribution is 0.0950. The average molecular weight is 394 g/mol. The van der Waals surface area contributed by atoms with Crippen LogP contribution in [0, 0.1) is 13.8 Å². The first kappa shape index (κ1) is 20.3. The molecule has 0 unspecified atom stereocenters. The minimum absolute atomic E-state index is 0.131. The summed E-state index contributed by atoms with van der Waals surface area (Å²) in [6.45, 7) is 4.29. The van der Waals surface area contributed by atoms with Crippen molar-refractivity contribution in [3.63, 3.8) is 0 Å². The number of para-hydroxylation sites is 1. The van der Waals surface area contributed by atoms with Gasteiger partial charge in [-0.1, -0.05) is 18.2 Å². The average Bonchev–Trinajstić information content (AvgIpc) is 3.05. The fourth-order valence-electron chi connectivity index (χ4n) is 3.48. The molecule has 3 rings (SSSR count). The van der Waals surface area contributed by atoms with Crippen molar-refractivity contribution in [2.75, 3.05) is 21.3 Å². The molecule has 0 atom stereocenters. The molecule has 0 spiro atoms. The third kappa shape index (κ3) is 4.06. The zero-order valence-corrected chi connectivity index (χ0v) is 17.4. The van der Waals surface area contributed by atoms with E-state index < -0.39 is 0 Å². The number of aryl methyl sites for hydroxylation is 1. The second-order valence-electron chi connectivity index (χ2n) is 6.67. The molecule has 0 aliphatic rings. The molecular formula is C23H26N2O4. The summed E-state index contributed by atoms with van der Waals surface area (Å²) in [6.07, 6.45) is 0. The van der Waals surface area contributed by atoms with Gasteiger partial charge in [-0.2, -0.15) is 0 Å². The molecule has 0 saturated heterocycles. The van der Waals surface area contributed by atoms with Gasteiger partial charge in [0, 0.05) is 23.6 Å². The molecule has 0 aliphatic heterocycles. The quantitative estimate of drug-likeness (QED) is 0.657. The van der Waals surface area contributed by atoms with Gasteiger partial charge in [0.05, 0.1) is 26.9 Å². The first-order chi connectivity index (χ1) is 14.0. The van der Waals surface area contributed by atoms with Crippen LogP contribution in [0.25, 0.3) is 5.69 Å².